The predicted molar refractivity (Wildman–Crippen MR) is 80.7 cm³/mol. The Morgan fingerprint density at radius 1 is 1.11 bits per heavy atom. The van der Waals surface area contributed by atoms with Gasteiger partial charge in [-0.1, -0.05) is 19.1 Å². The van der Waals surface area contributed by atoms with Gasteiger partial charge in [0.25, 0.3) is 0 Å². The van der Waals surface area contributed by atoms with Crippen molar-refractivity contribution >= 4 is 11.4 Å². The van der Waals surface area contributed by atoms with Crippen LogP contribution in [0.15, 0.2) is 48.5 Å². The van der Waals surface area contributed by atoms with Crippen LogP contribution in [-0.4, -0.2) is 13.2 Å². The summed E-state index contributed by atoms with van der Waals surface area (Å²) in [5.41, 5.74) is 8.76. The van der Waals surface area contributed by atoms with Crippen molar-refractivity contribution in [3.63, 3.8) is 0 Å². The van der Waals surface area contributed by atoms with Crippen LogP contribution in [0.4, 0.5) is 11.4 Å². The number of hydrogen-bond acceptors (Lipinski definition) is 3. The molecule has 0 aliphatic heterocycles. The van der Waals surface area contributed by atoms with Gasteiger partial charge in [0.05, 0.1) is 0 Å². The number of hydrogen-bond donors (Lipinski definition) is 2. The zero-order chi connectivity index (χ0) is 13.5. The number of benzene rings is 2. The lowest BCUT2D eigenvalue weighted by Crippen LogP contribution is -2.11. The molecule has 0 fully saturated rings. The van der Waals surface area contributed by atoms with Gasteiger partial charge in [-0.15, -0.1) is 0 Å². The fraction of sp³-hybridized carbons (Fsp3) is 0.250. The topological polar surface area (TPSA) is 47.3 Å². The van der Waals surface area contributed by atoms with Crippen LogP contribution in [0.2, 0.25) is 0 Å². The molecule has 0 bridgehead atoms. The first-order valence-electron chi connectivity index (χ1n) is 6.59. The average Bonchev–Trinajstić information content (AvgIpc) is 2.46. The Balaban J connectivity index is 1.75. The SMILES string of the molecule is CCc1cccc(OCCNc2ccc(N)cc2)c1. The fourth-order valence-electron chi connectivity index (χ4n) is 1.82. The van der Waals surface area contributed by atoms with Gasteiger partial charge < -0.3 is 15.8 Å². The lowest BCUT2D eigenvalue weighted by molar-refractivity contribution is 0.332. The molecule has 19 heavy (non-hydrogen) atoms. The molecule has 3 heteroatoms. The third kappa shape index (κ3) is 4.21. The van der Waals surface area contributed by atoms with Crippen molar-refractivity contribution in [2.24, 2.45) is 0 Å². The second-order valence-corrected chi connectivity index (χ2v) is 4.40. The largest absolute Gasteiger partial charge is 0.492 e. The normalized spacial score (nSPS) is 10.2. The van der Waals surface area contributed by atoms with Crippen molar-refractivity contribution < 1.29 is 4.74 Å². The minimum atomic E-state index is 0.636. The molecule has 0 aromatic heterocycles. The molecule has 0 aliphatic rings. The maximum absolute atomic E-state index is 5.71. The van der Waals surface area contributed by atoms with E-state index in [0.717, 1.165) is 30.1 Å². The number of nitrogen functional groups attached to an aromatic ring is 1. The van der Waals surface area contributed by atoms with E-state index in [9.17, 15) is 0 Å². The van der Waals surface area contributed by atoms with Crippen LogP contribution in [0.25, 0.3) is 0 Å². The molecule has 2 aromatic carbocycles. The minimum Gasteiger partial charge on any atom is -0.492 e. The summed E-state index contributed by atoms with van der Waals surface area (Å²) in [6.07, 6.45) is 1.03. The molecular weight excluding hydrogens is 236 g/mol. The third-order valence-corrected chi connectivity index (χ3v) is 2.92. The van der Waals surface area contributed by atoms with Gasteiger partial charge in [-0.2, -0.15) is 0 Å². The summed E-state index contributed by atoms with van der Waals surface area (Å²) in [5.74, 6) is 0.929. The Labute approximate surface area is 114 Å². The van der Waals surface area contributed by atoms with Crippen LogP contribution < -0.4 is 15.8 Å². The van der Waals surface area contributed by atoms with Crippen molar-refractivity contribution in [3.05, 3.63) is 54.1 Å². The Morgan fingerprint density at radius 2 is 1.89 bits per heavy atom. The summed E-state index contributed by atoms with van der Waals surface area (Å²) in [5, 5.41) is 3.29. The molecule has 3 N–H and O–H groups in total. The van der Waals surface area contributed by atoms with E-state index in [4.69, 9.17) is 10.5 Å². The van der Waals surface area contributed by atoms with Crippen LogP contribution in [0.5, 0.6) is 5.75 Å². The fourth-order valence-corrected chi connectivity index (χ4v) is 1.82. The van der Waals surface area contributed by atoms with Gasteiger partial charge in [-0.05, 0) is 48.4 Å². The Morgan fingerprint density at radius 3 is 2.63 bits per heavy atom. The maximum Gasteiger partial charge on any atom is 0.119 e. The van der Waals surface area contributed by atoms with Gasteiger partial charge in [0, 0.05) is 17.9 Å². The first-order chi connectivity index (χ1) is 9.28. The number of ether oxygens (including phenoxy) is 1. The van der Waals surface area contributed by atoms with Crippen molar-refractivity contribution in [2.75, 3.05) is 24.2 Å². The number of aryl methyl sites for hydroxylation is 1. The van der Waals surface area contributed by atoms with E-state index in [1.54, 1.807) is 0 Å². The maximum atomic E-state index is 5.71. The molecule has 0 aliphatic carbocycles. The monoisotopic (exact) mass is 256 g/mol. The van der Waals surface area contributed by atoms with Crippen LogP contribution in [0.3, 0.4) is 0 Å². The van der Waals surface area contributed by atoms with E-state index >= 15 is 0 Å². The molecular formula is C16H20N2O. The highest BCUT2D eigenvalue weighted by molar-refractivity contribution is 5.51. The zero-order valence-electron chi connectivity index (χ0n) is 11.2. The Kier molecular flexibility index (Phi) is 4.67. The van der Waals surface area contributed by atoms with Crippen LogP contribution in [0, 0.1) is 0 Å². The van der Waals surface area contributed by atoms with Crippen molar-refractivity contribution in [3.8, 4) is 5.75 Å². The Bertz CT molecular complexity index is 508. The van der Waals surface area contributed by atoms with Gasteiger partial charge in [0.2, 0.25) is 0 Å². The molecule has 0 saturated carbocycles. The summed E-state index contributed by atoms with van der Waals surface area (Å²) >= 11 is 0. The molecule has 0 radical (unpaired) electrons. The van der Waals surface area contributed by atoms with Crippen LogP contribution in [0.1, 0.15) is 12.5 Å². The minimum absolute atomic E-state index is 0.636. The van der Waals surface area contributed by atoms with Gasteiger partial charge >= 0.3 is 0 Å². The van der Waals surface area contributed by atoms with E-state index < -0.39 is 0 Å². The van der Waals surface area contributed by atoms with Crippen molar-refractivity contribution in [2.45, 2.75) is 13.3 Å². The van der Waals surface area contributed by atoms with Gasteiger partial charge in [-0.3, -0.25) is 0 Å². The van der Waals surface area contributed by atoms with Crippen LogP contribution in [-0.2, 0) is 6.42 Å². The molecule has 0 heterocycles. The van der Waals surface area contributed by atoms with E-state index in [1.807, 2.05) is 36.4 Å². The average molecular weight is 256 g/mol. The van der Waals surface area contributed by atoms with E-state index in [-0.39, 0.29) is 0 Å². The summed E-state index contributed by atoms with van der Waals surface area (Å²) in [7, 11) is 0. The lowest BCUT2D eigenvalue weighted by atomic mass is 10.2. The molecule has 3 nitrogen and oxygen atoms in total. The smallest absolute Gasteiger partial charge is 0.119 e. The molecule has 0 unspecified atom stereocenters. The third-order valence-electron chi connectivity index (χ3n) is 2.92. The number of nitrogens with one attached hydrogen (secondary N) is 1. The first kappa shape index (κ1) is 13.3. The summed E-state index contributed by atoms with van der Waals surface area (Å²) in [4.78, 5) is 0. The molecule has 0 amide bonds. The first-order valence-corrected chi connectivity index (χ1v) is 6.59. The highest BCUT2D eigenvalue weighted by atomic mass is 16.5. The van der Waals surface area contributed by atoms with Gasteiger partial charge in [0.15, 0.2) is 0 Å². The molecule has 0 atom stereocenters. The summed E-state index contributed by atoms with van der Waals surface area (Å²) in [6.45, 7) is 3.54. The summed E-state index contributed by atoms with van der Waals surface area (Å²) < 4.78 is 5.71. The second-order valence-electron chi connectivity index (χ2n) is 4.40. The van der Waals surface area contributed by atoms with Gasteiger partial charge in [0.1, 0.15) is 12.4 Å². The van der Waals surface area contributed by atoms with E-state index in [1.165, 1.54) is 5.56 Å². The number of rotatable bonds is 6. The molecule has 2 rings (SSSR count). The number of anilines is 2. The lowest BCUT2D eigenvalue weighted by Gasteiger charge is -2.09. The van der Waals surface area contributed by atoms with Crippen LogP contribution >= 0.6 is 0 Å². The predicted octanol–water partition coefficient (Wildman–Crippen LogP) is 3.32. The van der Waals surface area contributed by atoms with E-state index in [2.05, 4.69) is 24.4 Å². The Hall–Kier alpha value is -2.16. The molecule has 100 valence electrons. The standard InChI is InChI=1S/C16H20N2O/c1-2-13-4-3-5-16(12-13)19-11-10-18-15-8-6-14(17)7-9-15/h3-9,12,18H,2,10-11,17H2,1H3. The van der Waals surface area contributed by atoms with Crippen molar-refractivity contribution in [1.29, 1.82) is 0 Å². The second kappa shape index (κ2) is 6.69. The molecule has 0 spiro atoms. The highest BCUT2D eigenvalue weighted by Crippen LogP contribution is 2.14. The van der Waals surface area contributed by atoms with E-state index in [0.29, 0.717) is 6.61 Å². The highest BCUT2D eigenvalue weighted by Gasteiger charge is 1.96. The van der Waals surface area contributed by atoms with Gasteiger partial charge in [-0.25, -0.2) is 0 Å². The molecule has 2 aromatic rings. The number of nitrogens with two attached hydrogens (primary N) is 1. The molecule has 0 saturated heterocycles. The van der Waals surface area contributed by atoms with Crippen molar-refractivity contribution in [1.82, 2.24) is 0 Å². The summed E-state index contributed by atoms with van der Waals surface area (Å²) in [6, 6.07) is 15.9. The zero-order valence-corrected chi connectivity index (χ0v) is 11.2. The quantitative estimate of drug-likeness (QED) is 0.615.